The zero-order valence-electron chi connectivity index (χ0n) is 7.81. The van der Waals surface area contributed by atoms with Crippen LogP contribution >= 0.6 is 0 Å². The summed E-state index contributed by atoms with van der Waals surface area (Å²) in [4.78, 5) is 0. The van der Waals surface area contributed by atoms with Crippen molar-refractivity contribution in [1.29, 1.82) is 5.26 Å². The van der Waals surface area contributed by atoms with E-state index < -0.39 is 12.1 Å². The standard InChI is InChI=1S/C10H12N2O2/c1-6(13)10(12)7-2-3-9(14)8(4-7)5-11/h2-4,6,10,13-14H,12H2,1H3/t6?,10-/m1/s1. The minimum absolute atomic E-state index is 0.0750. The topological polar surface area (TPSA) is 90.3 Å². The molecule has 0 bridgehead atoms. The second kappa shape index (κ2) is 4.09. The molecular weight excluding hydrogens is 180 g/mol. The molecule has 0 aromatic heterocycles. The SMILES string of the molecule is CC(O)[C@@H](N)c1ccc(O)c(C#N)c1. The van der Waals surface area contributed by atoms with E-state index in [1.807, 2.05) is 6.07 Å². The Morgan fingerprint density at radius 2 is 2.14 bits per heavy atom. The lowest BCUT2D eigenvalue weighted by atomic mass is 10.0. The van der Waals surface area contributed by atoms with E-state index in [-0.39, 0.29) is 11.3 Å². The Bertz CT molecular complexity index is 369. The summed E-state index contributed by atoms with van der Waals surface area (Å²) in [5, 5.41) is 27.1. The number of aliphatic hydroxyl groups excluding tert-OH is 1. The van der Waals surface area contributed by atoms with Gasteiger partial charge in [0.1, 0.15) is 11.8 Å². The molecule has 0 amide bonds. The molecule has 1 rings (SSSR count). The van der Waals surface area contributed by atoms with E-state index in [4.69, 9.17) is 11.0 Å². The van der Waals surface area contributed by atoms with Crippen molar-refractivity contribution < 1.29 is 10.2 Å². The third-order valence-electron chi connectivity index (χ3n) is 2.05. The first kappa shape index (κ1) is 10.5. The molecule has 0 spiro atoms. The summed E-state index contributed by atoms with van der Waals surface area (Å²) < 4.78 is 0. The normalized spacial score (nSPS) is 14.4. The molecule has 4 nitrogen and oxygen atoms in total. The Morgan fingerprint density at radius 1 is 1.50 bits per heavy atom. The Labute approximate surface area is 82.2 Å². The van der Waals surface area contributed by atoms with Crippen LogP contribution in [-0.2, 0) is 0 Å². The van der Waals surface area contributed by atoms with Gasteiger partial charge >= 0.3 is 0 Å². The fourth-order valence-electron chi connectivity index (χ4n) is 1.13. The van der Waals surface area contributed by atoms with Crippen molar-refractivity contribution >= 4 is 0 Å². The van der Waals surface area contributed by atoms with Crippen LogP contribution in [0.4, 0.5) is 0 Å². The van der Waals surface area contributed by atoms with Crippen LogP contribution in [0.3, 0.4) is 0 Å². The van der Waals surface area contributed by atoms with Crippen molar-refractivity contribution in [3.05, 3.63) is 29.3 Å². The predicted molar refractivity (Wildman–Crippen MR) is 51.4 cm³/mol. The zero-order valence-corrected chi connectivity index (χ0v) is 7.81. The molecule has 0 saturated carbocycles. The Morgan fingerprint density at radius 3 is 2.64 bits per heavy atom. The molecule has 2 atom stereocenters. The lowest BCUT2D eigenvalue weighted by Crippen LogP contribution is -2.23. The molecule has 1 aromatic carbocycles. The van der Waals surface area contributed by atoms with Crippen LogP contribution in [-0.4, -0.2) is 16.3 Å². The first-order valence-electron chi connectivity index (χ1n) is 4.23. The third kappa shape index (κ3) is 2.02. The van der Waals surface area contributed by atoms with E-state index in [9.17, 15) is 10.2 Å². The quantitative estimate of drug-likeness (QED) is 0.641. The highest BCUT2D eigenvalue weighted by Gasteiger charge is 2.13. The number of hydrogen-bond acceptors (Lipinski definition) is 4. The summed E-state index contributed by atoms with van der Waals surface area (Å²) in [6.45, 7) is 1.57. The average Bonchev–Trinajstić information content (AvgIpc) is 2.17. The fourth-order valence-corrected chi connectivity index (χ4v) is 1.13. The number of nitriles is 1. The van der Waals surface area contributed by atoms with Gasteiger partial charge in [-0.25, -0.2) is 0 Å². The molecular formula is C10H12N2O2. The molecule has 0 fully saturated rings. The van der Waals surface area contributed by atoms with Gasteiger partial charge in [-0.3, -0.25) is 0 Å². The summed E-state index contributed by atoms with van der Waals surface area (Å²) in [6.07, 6.45) is -0.689. The number of benzene rings is 1. The van der Waals surface area contributed by atoms with Gasteiger partial charge in [0.05, 0.1) is 17.7 Å². The van der Waals surface area contributed by atoms with Crippen LogP contribution in [0, 0.1) is 11.3 Å². The van der Waals surface area contributed by atoms with Gasteiger partial charge in [0.25, 0.3) is 0 Å². The van der Waals surface area contributed by atoms with E-state index in [0.717, 1.165) is 0 Å². The molecule has 0 radical (unpaired) electrons. The molecule has 74 valence electrons. The highest BCUT2D eigenvalue weighted by atomic mass is 16.3. The first-order chi connectivity index (χ1) is 6.56. The van der Waals surface area contributed by atoms with Crippen molar-refractivity contribution in [1.82, 2.24) is 0 Å². The van der Waals surface area contributed by atoms with Gasteiger partial charge in [-0.15, -0.1) is 0 Å². The molecule has 14 heavy (non-hydrogen) atoms. The van der Waals surface area contributed by atoms with Crippen LogP contribution < -0.4 is 5.73 Å². The molecule has 4 heteroatoms. The van der Waals surface area contributed by atoms with Crippen LogP contribution in [0.5, 0.6) is 5.75 Å². The summed E-state index contributed by atoms with van der Waals surface area (Å²) in [7, 11) is 0. The van der Waals surface area contributed by atoms with E-state index >= 15 is 0 Å². The highest BCUT2D eigenvalue weighted by molar-refractivity contribution is 5.45. The van der Waals surface area contributed by atoms with Crippen molar-refractivity contribution in [2.75, 3.05) is 0 Å². The minimum atomic E-state index is -0.689. The largest absolute Gasteiger partial charge is 0.507 e. The molecule has 0 aliphatic carbocycles. The smallest absolute Gasteiger partial charge is 0.133 e. The molecule has 1 aromatic rings. The number of nitrogens with two attached hydrogens (primary N) is 1. The third-order valence-corrected chi connectivity index (χ3v) is 2.05. The Kier molecular flexibility index (Phi) is 3.07. The van der Waals surface area contributed by atoms with Gasteiger partial charge in [0.15, 0.2) is 0 Å². The number of nitrogens with zero attached hydrogens (tertiary/aromatic N) is 1. The molecule has 0 aliphatic heterocycles. The number of phenolic OH excluding ortho intramolecular Hbond substituents is 1. The van der Waals surface area contributed by atoms with E-state index in [2.05, 4.69) is 0 Å². The van der Waals surface area contributed by atoms with Crippen LogP contribution in [0.2, 0.25) is 0 Å². The van der Waals surface area contributed by atoms with Crippen molar-refractivity contribution in [3.8, 4) is 11.8 Å². The lowest BCUT2D eigenvalue weighted by Gasteiger charge is -2.15. The number of hydrogen-bond donors (Lipinski definition) is 3. The van der Waals surface area contributed by atoms with Gasteiger partial charge in [-0.1, -0.05) is 6.07 Å². The molecule has 0 heterocycles. The van der Waals surface area contributed by atoms with Gasteiger partial charge in [-0.05, 0) is 24.6 Å². The molecule has 0 saturated heterocycles. The number of aromatic hydroxyl groups is 1. The van der Waals surface area contributed by atoms with Gasteiger partial charge in [0, 0.05) is 0 Å². The van der Waals surface area contributed by atoms with E-state index in [1.165, 1.54) is 12.1 Å². The number of rotatable bonds is 2. The monoisotopic (exact) mass is 192 g/mol. The fraction of sp³-hybridized carbons (Fsp3) is 0.300. The molecule has 4 N–H and O–H groups in total. The first-order valence-corrected chi connectivity index (χ1v) is 4.23. The van der Waals surface area contributed by atoms with E-state index in [1.54, 1.807) is 13.0 Å². The Balaban J connectivity index is 3.08. The van der Waals surface area contributed by atoms with Crippen molar-refractivity contribution in [2.24, 2.45) is 5.73 Å². The number of phenols is 1. The summed E-state index contributed by atoms with van der Waals surface area (Å²) in [5.74, 6) is -0.0750. The minimum Gasteiger partial charge on any atom is -0.507 e. The summed E-state index contributed by atoms with van der Waals surface area (Å²) in [6, 6.07) is 5.77. The van der Waals surface area contributed by atoms with Crippen molar-refractivity contribution in [3.63, 3.8) is 0 Å². The average molecular weight is 192 g/mol. The second-order valence-electron chi connectivity index (χ2n) is 3.15. The molecule has 1 unspecified atom stereocenters. The Hall–Kier alpha value is -1.57. The maximum atomic E-state index is 9.24. The summed E-state index contributed by atoms with van der Waals surface area (Å²) in [5.41, 5.74) is 6.47. The molecule has 0 aliphatic rings. The van der Waals surface area contributed by atoms with Crippen LogP contribution in [0.25, 0.3) is 0 Å². The van der Waals surface area contributed by atoms with Gasteiger partial charge < -0.3 is 15.9 Å². The maximum Gasteiger partial charge on any atom is 0.133 e. The highest BCUT2D eigenvalue weighted by Crippen LogP contribution is 2.22. The van der Waals surface area contributed by atoms with Gasteiger partial charge in [0.2, 0.25) is 0 Å². The van der Waals surface area contributed by atoms with E-state index in [0.29, 0.717) is 5.56 Å². The predicted octanol–water partition coefficient (Wildman–Crippen LogP) is 0.644. The van der Waals surface area contributed by atoms with Crippen LogP contribution in [0.15, 0.2) is 18.2 Å². The maximum absolute atomic E-state index is 9.24. The zero-order chi connectivity index (χ0) is 10.7. The summed E-state index contributed by atoms with van der Waals surface area (Å²) >= 11 is 0. The van der Waals surface area contributed by atoms with Crippen molar-refractivity contribution in [2.45, 2.75) is 19.1 Å². The lowest BCUT2D eigenvalue weighted by molar-refractivity contribution is 0.164. The second-order valence-corrected chi connectivity index (χ2v) is 3.15. The van der Waals surface area contributed by atoms with Crippen LogP contribution in [0.1, 0.15) is 24.1 Å². The van der Waals surface area contributed by atoms with Gasteiger partial charge in [-0.2, -0.15) is 5.26 Å². The number of aliphatic hydroxyl groups is 1.